The van der Waals surface area contributed by atoms with Gasteiger partial charge < -0.3 is 10.0 Å². The molecule has 0 aliphatic carbocycles. The van der Waals surface area contributed by atoms with Crippen LogP contribution in [0.4, 0.5) is 5.69 Å². The fourth-order valence-electron chi connectivity index (χ4n) is 2.05. The number of hydrogen-bond acceptors (Lipinski definition) is 3. The molecule has 20 heavy (non-hydrogen) atoms. The standard InChI is InChI=1S/C15H16ClNO2S/c1-10(2)17(9-12-4-3-7-20-12)14-6-5-11(16)8-13(14)15(18)19/h3-8,10H,9H2,1-2H3,(H,18,19). The molecule has 0 saturated carbocycles. The van der Waals surface area contributed by atoms with Crippen molar-refractivity contribution >= 4 is 34.6 Å². The van der Waals surface area contributed by atoms with Crippen LogP contribution in [0.25, 0.3) is 0 Å². The number of nitrogens with zero attached hydrogens (tertiary/aromatic N) is 1. The SMILES string of the molecule is CC(C)N(Cc1cccs1)c1ccc(Cl)cc1C(=O)O. The highest BCUT2D eigenvalue weighted by atomic mass is 35.5. The normalized spacial score (nSPS) is 10.8. The molecule has 1 aromatic carbocycles. The maximum absolute atomic E-state index is 11.4. The second-order valence-electron chi connectivity index (χ2n) is 4.77. The summed E-state index contributed by atoms with van der Waals surface area (Å²) in [4.78, 5) is 14.7. The molecule has 2 aromatic rings. The van der Waals surface area contributed by atoms with E-state index in [9.17, 15) is 9.90 Å². The molecule has 2 rings (SSSR count). The van der Waals surface area contributed by atoms with E-state index in [4.69, 9.17) is 11.6 Å². The largest absolute Gasteiger partial charge is 0.478 e. The fourth-order valence-corrected chi connectivity index (χ4v) is 2.92. The third-order valence-corrected chi connectivity index (χ3v) is 4.12. The molecule has 0 amide bonds. The molecule has 0 saturated heterocycles. The Morgan fingerprint density at radius 2 is 2.15 bits per heavy atom. The molecule has 0 unspecified atom stereocenters. The van der Waals surface area contributed by atoms with Crippen LogP contribution >= 0.6 is 22.9 Å². The molecule has 5 heteroatoms. The minimum Gasteiger partial charge on any atom is -0.478 e. The van der Waals surface area contributed by atoms with E-state index in [2.05, 4.69) is 11.0 Å². The molecule has 0 bridgehead atoms. The van der Waals surface area contributed by atoms with Gasteiger partial charge in [-0.05, 0) is 43.5 Å². The topological polar surface area (TPSA) is 40.5 Å². The van der Waals surface area contributed by atoms with E-state index in [1.165, 1.54) is 10.9 Å². The van der Waals surface area contributed by atoms with Crippen molar-refractivity contribution in [3.8, 4) is 0 Å². The number of hydrogen-bond donors (Lipinski definition) is 1. The quantitative estimate of drug-likeness (QED) is 0.883. The Labute approximate surface area is 127 Å². The molecular formula is C15H16ClNO2S. The van der Waals surface area contributed by atoms with Gasteiger partial charge in [-0.2, -0.15) is 0 Å². The minimum atomic E-state index is -0.959. The number of carboxylic acid groups (broad SMARTS) is 1. The van der Waals surface area contributed by atoms with Gasteiger partial charge in [-0.1, -0.05) is 17.7 Å². The Morgan fingerprint density at radius 3 is 2.70 bits per heavy atom. The Bertz CT molecular complexity index is 596. The molecule has 0 spiro atoms. The Kier molecular flexibility index (Phi) is 4.68. The summed E-state index contributed by atoms with van der Waals surface area (Å²) < 4.78 is 0. The predicted molar refractivity (Wildman–Crippen MR) is 84.0 cm³/mol. The summed E-state index contributed by atoms with van der Waals surface area (Å²) in [5, 5.41) is 11.8. The van der Waals surface area contributed by atoms with Gasteiger partial charge in [-0.25, -0.2) is 4.79 Å². The first-order valence-electron chi connectivity index (χ1n) is 6.31. The van der Waals surface area contributed by atoms with Gasteiger partial charge >= 0.3 is 5.97 Å². The van der Waals surface area contributed by atoms with Gasteiger partial charge in [0.25, 0.3) is 0 Å². The summed E-state index contributed by atoms with van der Waals surface area (Å²) in [6.07, 6.45) is 0. The molecular weight excluding hydrogens is 294 g/mol. The maximum Gasteiger partial charge on any atom is 0.337 e. The highest BCUT2D eigenvalue weighted by molar-refractivity contribution is 7.09. The molecule has 0 aliphatic rings. The fraction of sp³-hybridized carbons (Fsp3) is 0.267. The minimum absolute atomic E-state index is 0.191. The van der Waals surface area contributed by atoms with Crippen LogP contribution < -0.4 is 4.90 Å². The highest BCUT2D eigenvalue weighted by Crippen LogP contribution is 2.28. The van der Waals surface area contributed by atoms with Crippen molar-refractivity contribution in [2.75, 3.05) is 4.90 Å². The summed E-state index contributed by atoms with van der Waals surface area (Å²) in [6.45, 7) is 4.79. The molecule has 3 nitrogen and oxygen atoms in total. The van der Waals surface area contributed by atoms with Crippen LogP contribution in [0.3, 0.4) is 0 Å². The number of halogens is 1. The monoisotopic (exact) mass is 309 g/mol. The molecule has 1 heterocycles. The van der Waals surface area contributed by atoms with E-state index >= 15 is 0 Å². The van der Waals surface area contributed by atoms with Crippen LogP contribution in [-0.2, 0) is 6.54 Å². The lowest BCUT2D eigenvalue weighted by Gasteiger charge is -2.30. The van der Waals surface area contributed by atoms with Gasteiger partial charge in [0.05, 0.1) is 17.8 Å². The predicted octanol–water partition coefficient (Wildman–Crippen LogP) is 4.51. The molecule has 1 N–H and O–H groups in total. The van der Waals surface area contributed by atoms with E-state index in [-0.39, 0.29) is 11.6 Å². The van der Waals surface area contributed by atoms with Gasteiger partial charge in [0, 0.05) is 15.9 Å². The van der Waals surface area contributed by atoms with Crippen LogP contribution in [0.1, 0.15) is 29.1 Å². The lowest BCUT2D eigenvalue weighted by molar-refractivity contribution is 0.0697. The van der Waals surface area contributed by atoms with E-state index < -0.39 is 5.97 Å². The summed E-state index contributed by atoms with van der Waals surface area (Å²) >= 11 is 7.57. The summed E-state index contributed by atoms with van der Waals surface area (Å²) in [5.41, 5.74) is 0.938. The number of aromatic carboxylic acids is 1. The average Bonchev–Trinajstić information content (AvgIpc) is 2.89. The molecule has 106 valence electrons. The first kappa shape index (κ1) is 14.9. The number of rotatable bonds is 5. The van der Waals surface area contributed by atoms with Crippen molar-refractivity contribution in [2.24, 2.45) is 0 Å². The molecule has 0 aliphatic heterocycles. The number of anilines is 1. The van der Waals surface area contributed by atoms with Crippen molar-refractivity contribution in [2.45, 2.75) is 26.4 Å². The van der Waals surface area contributed by atoms with E-state index in [0.717, 1.165) is 0 Å². The highest BCUT2D eigenvalue weighted by Gasteiger charge is 2.19. The lowest BCUT2D eigenvalue weighted by atomic mass is 10.1. The lowest BCUT2D eigenvalue weighted by Crippen LogP contribution is -2.31. The number of carbonyl (C=O) groups is 1. The van der Waals surface area contributed by atoms with Crippen LogP contribution in [0.2, 0.25) is 5.02 Å². The molecule has 1 aromatic heterocycles. The Morgan fingerprint density at radius 1 is 1.40 bits per heavy atom. The summed E-state index contributed by atoms with van der Waals surface area (Å²) in [5.74, 6) is -0.959. The third kappa shape index (κ3) is 3.32. The molecule has 0 radical (unpaired) electrons. The first-order chi connectivity index (χ1) is 9.49. The van der Waals surface area contributed by atoms with Gasteiger partial charge in [-0.15, -0.1) is 11.3 Å². The second kappa shape index (κ2) is 6.29. The zero-order chi connectivity index (χ0) is 14.7. The Hall–Kier alpha value is -1.52. The van der Waals surface area contributed by atoms with Gasteiger partial charge in [0.1, 0.15) is 0 Å². The summed E-state index contributed by atoms with van der Waals surface area (Å²) in [6, 6.07) is 9.25. The third-order valence-electron chi connectivity index (χ3n) is 3.03. The molecule has 0 fully saturated rings. The van der Waals surface area contributed by atoms with Crippen LogP contribution in [0.5, 0.6) is 0 Å². The van der Waals surface area contributed by atoms with Crippen molar-refractivity contribution < 1.29 is 9.90 Å². The second-order valence-corrected chi connectivity index (χ2v) is 6.24. The van der Waals surface area contributed by atoms with Crippen LogP contribution in [-0.4, -0.2) is 17.1 Å². The number of benzene rings is 1. The first-order valence-corrected chi connectivity index (χ1v) is 7.56. The van der Waals surface area contributed by atoms with Crippen molar-refractivity contribution in [3.05, 3.63) is 51.2 Å². The van der Waals surface area contributed by atoms with Gasteiger partial charge in [0.15, 0.2) is 0 Å². The van der Waals surface area contributed by atoms with Crippen molar-refractivity contribution in [1.82, 2.24) is 0 Å². The van der Waals surface area contributed by atoms with Gasteiger partial charge in [0.2, 0.25) is 0 Å². The Balaban J connectivity index is 2.41. The van der Waals surface area contributed by atoms with Gasteiger partial charge in [-0.3, -0.25) is 0 Å². The van der Waals surface area contributed by atoms with Crippen LogP contribution in [0.15, 0.2) is 35.7 Å². The van der Waals surface area contributed by atoms with E-state index in [0.29, 0.717) is 17.3 Å². The van der Waals surface area contributed by atoms with Crippen molar-refractivity contribution in [3.63, 3.8) is 0 Å². The molecule has 0 atom stereocenters. The van der Waals surface area contributed by atoms with Crippen LogP contribution in [0, 0.1) is 0 Å². The van der Waals surface area contributed by atoms with E-state index in [1.807, 2.05) is 25.3 Å². The summed E-state index contributed by atoms with van der Waals surface area (Å²) in [7, 11) is 0. The number of thiophene rings is 1. The number of carboxylic acids is 1. The van der Waals surface area contributed by atoms with Crippen molar-refractivity contribution in [1.29, 1.82) is 0 Å². The average molecular weight is 310 g/mol. The maximum atomic E-state index is 11.4. The zero-order valence-corrected chi connectivity index (χ0v) is 12.9. The smallest absolute Gasteiger partial charge is 0.337 e. The van der Waals surface area contributed by atoms with E-state index in [1.54, 1.807) is 23.5 Å². The zero-order valence-electron chi connectivity index (χ0n) is 11.3.